The van der Waals surface area contributed by atoms with Gasteiger partial charge in [-0.25, -0.2) is 14.8 Å². The van der Waals surface area contributed by atoms with Crippen LogP contribution >= 0.6 is 0 Å². The lowest BCUT2D eigenvalue weighted by molar-refractivity contribution is -0.141. The van der Waals surface area contributed by atoms with E-state index in [0.717, 1.165) is 17.2 Å². The molecule has 2 N–H and O–H groups in total. The minimum atomic E-state index is -4.61. The van der Waals surface area contributed by atoms with Gasteiger partial charge in [0.15, 0.2) is 0 Å². The average Bonchev–Trinajstić information content (AvgIpc) is 2.54. The molecule has 0 saturated carbocycles. The highest BCUT2D eigenvalue weighted by Crippen LogP contribution is 2.30. The number of nitrogens with one attached hydrogen (secondary N) is 1. The molecule has 0 spiro atoms. The van der Waals surface area contributed by atoms with Crippen LogP contribution in [-0.2, 0) is 11.0 Å². The van der Waals surface area contributed by atoms with Gasteiger partial charge in [-0.15, -0.1) is 0 Å². The number of aromatic nitrogens is 2. The van der Waals surface area contributed by atoms with Crippen LogP contribution in [0.25, 0.3) is 0 Å². The second-order valence-corrected chi connectivity index (χ2v) is 5.53. The third kappa shape index (κ3) is 3.98. The Labute approximate surface area is 141 Å². The number of likely N-dealkylation sites (N-methyl/N-ethyl adjacent to an activating group) is 1. The molecule has 1 aliphatic rings. The molecule has 0 radical (unpaired) electrons. The standard InChI is InChI=1S/C14H18F3N5O3/c1-2-19-13(4-8-23)9-21(6-7-22(13)12(24)25)11-18-5-3-10(20-11)14(15,16)17/h3,5,8,19H,2,4,6-7,9H2,1H3,(H,24,25). The van der Waals surface area contributed by atoms with E-state index in [1.807, 2.05) is 0 Å². The summed E-state index contributed by atoms with van der Waals surface area (Å²) in [5.41, 5.74) is -2.33. The van der Waals surface area contributed by atoms with E-state index in [0.29, 0.717) is 12.8 Å². The first kappa shape index (κ1) is 18.9. The normalized spacial score (nSPS) is 21.3. The van der Waals surface area contributed by atoms with Crippen LogP contribution in [0, 0.1) is 0 Å². The van der Waals surface area contributed by atoms with Gasteiger partial charge < -0.3 is 14.8 Å². The van der Waals surface area contributed by atoms with E-state index in [-0.39, 0.29) is 32.0 Å². The van der Waals surface area contributed by atoms with Crippen molar-refractivity contribution in [3.05, 3.63) is 18.0 Å². The Bertz CT molecular complexity index is 642. The molecule has 1 amide bonds. The van der Waals surface area contributed by atoms with Crippen molar-refractivity contribution >= 4 is 18.3 Å². The molecular formula is C14H18F3N5O3. The molecule has 1 fully saturated rings. The first-order chi connectivity index (χ1) is 11.7. The van der Waals surface area contributed by atoms with Gasteiger partial charge >= 0.3 is 12.3 Å². The van der Waals surface area contributed by atoms with Crippen LogP contribution in [0.4, 0.5) is 23.9 Å². The van der Waals surface area contributed by atoms with E-state index >= 15 is 0 Å². The highest BCUT2D eigenvalue weighted by Gasteiger charge is 2.44. The quantitative estimate of drug-likeness (QED) is 0.760. The molecule has 0 bridgehead atoms. The molecule has 8 nitrogen and oxygen atoms in total. The third-order valence-electron chi connectivity index (χ3n) is 3.94. The lowest BCUT2D eigenvalue weighted by Crippen LogP contribution is -2.70. The van der Waals surface area contributed by atoms with Crippen LogP contribution < -0.4 is 10.2 Å². The Morgan fingerprint density at radius 3 is 2.76 bits per heavy atom. The summed E-state index contributed by atoms with van der Waals surface area (Å²) in [6.07, 6.45) is -4.39. The molecule has 1 unspecified atom stereocenters. The number of anilines is 1. The summed E-state index contributed by atoms with van der Waals surface area (Å²) in [5.74, 6) is -0.159. The molecule has 1 saturated heterocycles. The molecule has 1 aromatic heterocycles. The molecule has 2 rings (SSSR count). The van der Waals surface area contributed by atoms with Gasteiger partial charge in [-0.05, 0) is 12.6 Å². The average molecular weight is 361 g/mol. The van der Waals surface area contributed by atoms with Crippen molar-refractivity contribution in [2.75, 3.05) is 31.1 Å². The summed E-state index contributed by atoms with van der Waals surface area (Å²) in [6.45, 7) is 2.17. The van der Waals surface area contributed by atoms with Crippen LogP contribution in [0.2, 0.25) is 0 Å². The van der Waals surface area contributed by atoms with Gasteiger partial charge in [-0.2, -0.15) is 13.2 Å². The Morgan fingerprint density at radius 1 is 1.48 bits per heavy atom. The molecule has 2 heterocycles. The number of hydrogen-bond acceptors (Lipinski definition) is 6. The monoisotopic (exact) mass is 361 g/mol. The lowest BCUT2D eigenvalue weighted by Gasteiger charge is -2.49. The number of carbonyl (C=O) groups excluding carboxylic acids is 1. The lowest BCUT2D eigenvalue weighted by atomic mass is 10.0. The maximum Gasteiger partial charge on any atom is 0.433 e. The number of alkyl halides is 3. The maximum absolute atomic E-state index is 12.8. The fourth-order valence-corrected chi connectivity index (χ4v) is 2.89. The Kier molecular flexibility index (Phi) is 5.45. The van der Waals surface area contributed by atoms with E-state index in [4.69, 9.17) is 0 Å². The number of nitrogens with zero attached hydrogens (tertiary/aromatic N) is 4. The van der Waals surface area contributed by atoms with Crippen LogP contribution in [0.3, 0.4) is 0 Å². The molecular weight excluding hydrogens is 343 g/mol. The van der Waals surface area contributed by atoms with Crippen molar-refractivity contribution in [3.8, 4) is 0 Å². The summed E-state index contributed by atoms with van der Waals surface area (Å²) in [7, 11) is 0. The molecule has 25 heavy (non-hydrogen) atoms. The summed E-state index contributed by atoms with van der Waals surface area (Å²) in [6, 6.07) is 0.764. The zero-order valence-corrected chi connectivity index (χ0v) is 13.5. The Hall–Kier alpha value is -2.43. The van der Waals surface area contributed by atoms with Crippen molar-refractivity contribution in [1.29, 1.82) is 0 Å². The summed E-state index contributed by atoms with van der Waals surface area (Å²) < 4.78 is 38.5. The largest absolute Gasteiger partial charge is 0.465 e. The fraction of sp³-hybridized carbons (Fsp3) is 0.571. The fourth-order valence-electron chi connectivity index (χ4n) is 2.89. The molecule has 138 valence electrons. The predicted octanol–water partition coefficient (Wildman–Crippen LogP) is 1.19. The van der Waals surface area contributed by atoms with Crippen LogP contribution in [0.15, 0.2) is 12.3 Å². The SMILES string of the molecule is CCNC1(CC=O)CN(c2nccc(C(F)(F)F)n2)CCN1C(=O)O. The van der Waals surface area contributed by atoms with Crippen LogP contribution in [-0.4, -0.2) is 64.2 Å². The molecule has 1 atom stereocenters. The van der Waals surface area contributed by atoms with Gasteiger partial charge in [0, 0.05) is 25.7 Å². The van der Waals surface area contributed by atoms with E-state index in [9.17, 15) is 27.9 Å². The van der Waals surface area contributed by atoms with Crippen molar-refractivity contribution in [2.24, 2.45) is 0 Å². The minimum Gasteiger partial charge on any atom is -0.465 e. The summed E-state index contributed by atoms with van der Waals surface area (Å²) in [4.78, 5) is 32.5. The van der Waals surface area contributed by atoms with Gasteiger partial charge in [0.05, 0.1) is 6.54 Å². The van der Waals surface area contributed by atoms with E-state index in [1.165, 1.54) is 4.90 Å². The van der Waals surface area contributed by atoms with Gasteiger partial charge in [-0.1, -0.05) is 6.92 Å². The topological polar surface area (TPSA) is 98.7 Å². The first-order valence-corrected chi connectivity index (χ1v) is 7.58. The van der Waals surface area contributed by atoms with Crippen molar-refractivity contribution in [2.45, 2.75) is 25.2 Å². The van der Waals surface area contributed by atoms with Crippen molar-refractivity contribution < 1.29 is 27.9 Å². The second kappa shape index (κ2) is 7.21. The second-order valence-electron chi connectivity index (χ2n) is 5.53. The number of aldehydes is 1. The summed E-state index contributed by atoms with van der Waals surface area (Å²) >= 11 is 0. The first-order valence-electron chi connectivity index (χ1n) is 7.58. The minimum absolute atomic E-state index is 0.00419. The van der Waals surface area contributed by atoms with Crippen molar-refractivity contribution in [3.63, 3.8) is 0 Å². The third-order valence-corrected chi connectivity index (χ3v) is 3.94. The van der Waals surface area contributed by atoms with Gasteiger partial charge in [0.1, 0.15) is 17.6 Å². The number of amides is 1. The van der Waals surface area contributed by atoms with E-state index < -0.39 is 23.6 Å². The highest BCUT2D eigenvalue weighted by atomic mass is 19.4. The molecule has 0 aliphatic carbocycles. The smallest absolute Gasteiger partial charge is 0.433 e. The number of rotatable bonds is 5. The highest BCUT2D eigenvalue weighted by molar-refractivity contribution is 5.68. The van der Waals surface area contributed by atoms with E-state index in [2.05, 4.69) is 15.3 Å². The van der Waals surface area contributed by atoms with Crippen molar-refractivity contribution in [1.82, 2.24) is 20.2 Å². The number of piperazine rings is 1. The number of carbonyl (C=O) groups is 2. The van der Waals surface area contributed by atoms with Gasteiger partial charge in [0.2, 0.25) is 5.95 Å². The zero-order valence-electron chi connectivity index (χ0n) is 13.5. The molecule has 0 aromatic carbocycles. The zero-order chi connectivity index (χ0) is 18.7. The van der Waals surface area contributed by atoms with Crippen LogP contribution in [0.1, 0.15) is 19.0 Å². The van der Waals surface area contributed by atoms with Gasteiger partial charge in [0.25, 0.3) is 0 Å². The number of carboxylic acid groups (broad SMARTS) is 1. The number of halogens is 3. The Balaban J connectivity index is 2.36. The van der Waals surface area contributed by atoms with Crippen LogP contribution in [0.5, 0.6) is 0 Å². The molecule has 1 aliphatic heterocycles. The predicted molar refractivity (Wildman–Crippen MR) is 81.1 cm³/mol. The van der Waals surface area contributed by atoms with E-state index in [1.54, 1.807) is 6.92 Å². The molecule has 11 heteroatoms. The Morgan fingerprint density at radius 2 is 2.20 bits per heavy atom. The van der Waals surface area contributed by atoms with Gasteiger partial charge in [-0.3, -0.25) is 10.2 Å². The molecule has 1 aromatic rings. The summed E-state index contributed by atoms with van der Waals surface area (Å²) in [5, 5.41) is 12.4. The number of hydrogen-bond donors (Lipinski definition) is 2. The maximum atomic E-state index is 12.8.